The van der Waals surface area contributed by atoms with Crippen molar-refractivity contribution >= 4 is 17.9 Å². The van der Waals surface area contributed by atoms with E-state index in [2.05, 4.69) is 99.8 Å². The molecule has 0 aliphatic rings. The number of carbonyl (C=O) groups excluding carboxylic acids is 3. The lowest BCUT2D eigenvalue weighted by molar-refractivity contribution is -0.166. The lowest BCUT2D eigenvalue weighted by Gasteiger charge is -2.18. The summed E-state index contributed by atoms with van der Waals surface area (Å²) in [7, 11) is 0. The van der Waals surface area contributed by atoms with E-state index in [0.717, 1.165) is 77.0 Å². The van der Waals surface area contributed by atoms with Crippen LogP contribution < -0.4 is 0 Å². The number of unbranched alkanes of at least 4 members (excludes halogenated alkanes) is 34. The third-order valence-corrected chi connectivity index (χ3v) is 14.1. The Hall–Kier alpha value is -3.41. The molecule has 0 aliphatic carbocycles. The molecule has 0 saturated carbocycles. The van der Waals surface area contributed by atoms with Crippen LogP contribution in [0.1, 0.15) is 323 Å². The lowest BCUT2D eigenvalue weighted by atomic mass is 10.0. The Morgan fingerprint density at radius 3 is 0.855 bits per heavy atom. The zero-order chi connectivity index (χ0) is 55.0. The number of ether oxygens (including phenoxy) is 3. The molecule has 0 aromatic rings. The molecule has 1 atom stereocenters. The molecule has 0 saturated heterocycles. The van der Waals surface area contributed by atoms with Crippen LogP contribution in [-0.2, 0) is 28.6 Å². The van der Waals surface area contributed by atoms with E-state index in [4.69, 9.17) is 14.2 Å². The summed E-state index contributed by atoms with van der Waals surface area (Å²) in [6.45, 7) is 6.47. The quantitative estimate of drug-likeness (QED) is 0.0261. The van der Waals surface area contributed by atoms with Gasteiger partial charge in [0.2, 0.25) is 0 Å². The molecule has 1 unspecified atom stereocenters. The SMILES string of the molecule is CC/C=C\C/C=C\C/C=C\C/C=C\CCC(=O)OC(COC(=O)CCCCCCCCCCCCCC)COC(=O)CCCCCCCCCCCCCCCCCCCC/C=C\C/C=C\C/C=C\CCCCCCC. The molecule has 0 heterocycles. The molecule has 0 fully saturated rings. The van der Waals surface area contributed by atoms with E-state index in [1.165, 1.54) is 199 Å². The van der Waals surface area contributed by atoms with Gasteiger partial charge in [0.05, 0.1) is 0 Å². The molecule has 0 aliphatic heterocycles. The first kappa shape index (κ1) is 72.6. The van der Waals surface area contributed by atoms with Gasteiger partial charge in [0.25, 0.3) is 0 Å². The highest BCUT2D eigenvalue weighted by Crippen LogP contribution is 2.17. The number of hydrogen-bond acceptors (Lipinski definition) is 6. The van der Waals surface area contributed by atoms with Crippen LogP contribution in [0.2, 0.25) is 0 Å². The summed E-state index contributed by atoms with van der Waals surface area (Å²) in [5.41, 5.74) is 0. The summed E-state index contributed by atoms with van der Waals surface area (Å²) < 4.78 is 16.8. The first-order valence-corrected chi connectivity index (χ1v) is 32.6. The van der Waals surface area contributed by atoms with Gasteiger partial charge in [-0.1, -0.05) is 305 Å². The van der Waals surface area contributed by atoms with Crippen LogP contribution in [0.15, 0.2) is 85.1 Å². The van der Waals surface area contributed by atoms with Crippen LogP contribution >= 0.6 is 0 Å². The number of hydrogen-bond donors (Lipinski definition) is 0. The standard InChI is InChI=1S/C70H122O6/c1-4-7-10-13-16-19-22-25-26-27-28-29-30-31-32-33-34-35-36-37-38-39-40-41-42-43-44-46-48-51-54-57-60-63-69(72)75-66-67(65-74-68(71)62-59-56-53-50-47-24-21-18-15-12-9-6-3)76-70(73)64-61-58-55-52-49-45-23-20-17-14-11-8-5-2/h8,11,17,20,22,25,27-28,30-31,45,49,55,58,67H,4-7,9-10,12-16,18-19,21,23-24,26,29,32-44,46-48,50-54,56-57,59-66H2,1-3H3/b11-8-,20-17-,25-22-,28-27-,31-30-,49-45-,58-55-. The molecule has 0 radical (unpaired) electrons. The lowest BCUT2D eigenvalue weighted by Crippen LogP contribution is -2.30. The van der Waals surface area contributed by atoms with Gasteiger partial charge in [-0.15, -0.1) is 0 Å². The first-order valence-electron chi connectivity index (χ1n) is 32.6. The highest BCUT2D eigenvalue weighted by molar-refractivity contribution is 5.71. The van der Waals surface area contributed by atoms with Crippen molar-refractivity contribution < 1.29 is 28.6 Å². The summed E-state index contributed by atoms with van der Waals surface area (Å²) in [5, 5.41) is 0. The molecule has 6 heteroatoms. The van der Waals surface area contributed by atoms with Crippen LogP contribution in [0.3, 0.4) is 0 Å². The summed E-state index contributed by atoms with van der Waals surface area (Å²) in [6, 6.07) is 0. The number of allylic oxidation sites excluding steroid dienone is 14. The minimum Gasteiger partial charge on any atom is -0.462 e. The van der Waals surface area contributed by atoms with Gasteiger partial charge < -0.3 is 14.2 Å². The van der Waals surface area contributed by atoms with E-state index in [9.17, 15) is 14.4 Å². The molecule has 0 rings (SSSR count). The minimum absolute atomic E-state index is 0.101. The van der Waals surface area contributed by atoms with Gasteiger partial charge in [0.1, 0.15) is 13.2 Å². The summed E-state index contributed by atoms with van der Waals surface area (Å²) in [5.74, 6) is -0.972. The first-order chi connectivity index (χ1) is 37.5. The highest BCUT2D eigenvalue weighted by Gasteiger charge is 2.19. The fourth-order valence-corrected chi connectivity index (χ4v) is 9.29. The normalized spacial score (nSPS) is 12.6. The van der Waals surface area contributed by atoms with E-state index in [0.29, 0.717) is 19.3 Å². The third kappa shape index (κ3) is 61.4. The summed E-state index contributed by atoms with van der Waals surface area (Å²) in [4.78, 5) is 38.1. The molecule has 0 bridgehead atoms. The Morgan fingerprint density at radius 2 is 0.539 bits per heavy atom. The molecular formula is C70H122O6. The average Bonchev–Trinajstić information content (AvgIpc) is 3.42. The van der Waals surface area contributed by atoms with Gasteiger partial charge >= 0.3 is 17.9 Å². The monoisotopic (exact) mass is 1060 g/mol. The minimum atomic E-state index is -0.811. The second kappa shape index (κ2) is 64.1. The molecule has 76 heavy (non-hydrogen) atoms. The average molecular weight is 1060 g/mol. The van der Waals surface area contributed by atoms with Crippen molar-refractivity contribution in [3.8, 4) is 0 Å². The van der Waals surface area contributed by atoms with Crippen LogP contribution in [-0.4, -0.2) is 37.2 Å². The second-order valence-corrected chi connectivity index (χ2v) is 21.6. The van der Waals surface area contributed by atoms with Gasteiger partial charge in [-0.2, -0.15) is 0 Å². The van der Waals surface area contributed by atoms with Gasteiger partial charge in [0, 0.05) is 19.3 Å². The molecular weight excluding hydrogens is 937 g/mol. The Morgan fingerprint density at radius 1 is 0.276 bits per heavy atom. The maximum Gasteiger partial charge on any atom is 0.306 e. The number of esters is 3. The molecule has 0 aromatic carbocycles. The third-order valence-electron chi connectivity index (χ3n) is 14.1. The van der Waals surface area contributed by atoms with E-state index in [-0.39, 0.29) is 37.5 Å². The van der Waals surface area contributed by atoms with Crippen molar-refractivity contribution in [3.63, 3.8) is 0 Å². The largest absolute Gasteiger partial charge is 0.462 e. The van der Waals surface area contributed by atoms with Crippen molar-refractivity contribution in [2.75, 3.05) is 13.2 Å². The van der Waals surface area contributed by atoms with Crippen LogP contribution in [0, 0.1) is 0 Å². The van der Waals surface area contributed by atoms with Crippen molar-refractivity contribution in [3.05, 3.63) is 85.1 Å². The van der Waals surface area contributed by atoms with E-state index in [1.807, 2.05) is 6.08 Å². The van der Waals surface area contributed by atoms with Gasteiger partial charge in [-0.3, -0.25) is 14.4 Å². The van der Waals surface area contributed by atoms with Gasteiger partial charge in [0.15, 0.2) is 6.10 Å². The fraction of sp³-hybridized carbons (Fsp3) is 0.757. The second-order valence-electron chi connectivity index (χ2n) is 21.6. The van der Waals surface area contributed by atoms with Crippen molar-refractivity contribution in [2.45, 2.75) is 329 Å². The van der Waals surface area contributed by atoms with Crippen molar-refractivity contribution in [1.82, 2.24) is 0 Å². The molecule has 0 aromatic heterocycles. The Balaban J connectivity index is 4.12. The zero-order valence-electron chi connectivity index (χ0n) is 50.3. The highest BCUT2D eigenvalue weighted by atomic mass is 16.6. The predicted molar refractivity (Wildman–Crippen MR) is 330 cm³/mol. The Bertz CT molecular complexity index is 1450. The molecule has 0 spiro atoms. The molecule has 0 N–H and O–H groups in total. The molecule has 6 nitrogen and oxygen atoms in total. The van der Waals surface area contributed by atoms with E-state index in [1.54, 1.807) is 0 Å². The maximum atomic E-state index is 12.8. The van der Waals surface area contributed by atoms with Crippen molar-refractivity contribution in [2.24, 2.45) is 0 Å². The van der Waals surface area contributed by atoms with E-state index >= 15 is 0 Å². The Kier molecular flexibility index (Phi) is 61.2. The van der Waals surface area contributed by atoms with Crippen LogP contribution in [0.4, 0.5) is 0 Å². The van der Waals surface area contributed by atoms with Gasteiger partial charge in [-0.25, -0.2) is 0 Å². The molecule has 0 amide bonds. The van der Waals surface area contributed by atoms with Crippen LogP contribution in [0.5, 0.6) is 0 Å². The predicted octanol–water partition coefficient (Wildman–Crippen LogP) is 22.3. The smallest absolute Gasteiger partial charge is 0.306 e. The van der Waals surface area contributed by atoms with Gasteiger partial charge in [-0.05, 0) is 83.5 Å². The van der Waals surface area contributed by atoms with Crippen LogP contribution in [0.25, 0.3) is 0 Å². The zero-order valence-corrected chi connectivity index (χ0v) is 50.3. The summed E-state index contributed by atoms with van der Waals surface area (Å²) >= 11 is 0. The Labute approximate surface area is 471 Å². The maximum absolute atomic E-state index is 12.8. The number of carbonyl (C=O) groups is 3. The van der Waals surface area contributed by atoms with Crippen molar-refractivity contribution in [1.29, 1.82) is 0 Å². The fourth-order valence-electron chi connectivity index (χ4n) is 9.29. The summed E-state index contributed by atoms with van der Waals surface area (Å²) in [6.07, 6.45) is 84.9. The molecule has 438 valence electrons. The topological polar surface area (TPSA) is 78.9 Å². The number of rotatable bonds is 59. The van der Waals surface area contributed by atoms with E-state index < -0.39 is 6.10 Å².